The first-order valence-electron chi connectivity index (χ1n) is 9.80. The van der Waals surface area contributed by atoms with Gasteiger partial charge >= 0.3 is 5.97 Å². The summed E-state index contributed by atoms with van der Waals surface area (Å²) in [6.07, 6.45) is 14.7. The first-order chi connectivity index (χ1) is 11.1. The lowest BCUT2D eigenvalue weighted by molar-refractivity contribution is -0.152. The molecule has 0 heterocycles. The van der Waals surface area contributed by atoms with E-state index < -0.39 is 5.92 Å². The fraction of sp³-hybridized carbons (Fsp3) is 0.900. The molecule has 0 aliphatic carbocycles. The minimum atomic E-state index is -0.540. The zero-order valence-electron chi connectivity index (χ0n) is 15.7. The third-order valence-electron chi connectivity index (χ3n) is 4.36. The Labute approximate surface area is 143 Å². The zero-order chi connectivity index (χ0) is 17.3. The Kier molecular flexibility index (Phi) is 15.4. The second-order valence-corrected chi connectivity index (χ2v) is 6.65. The number of ether oxygens (including phenoxy) is 1. The molecule has 3 nitrogen and oxygen atoms in total. The number of hydrogen-bond acceptors (Lipinski definition) is 3. The Balaban J connectivity index is 3.77. The average Bonchev–Trinajstić information content (AvgIpc) is 2.52. The van der Waals surface area contributed by atoms with Crippen molar-refractivity contribution >= 4 is 11.8 Å². The van der Waals surface area contributed by atoms with Gasteiger partial charge in [0.15, 0.2) is 0 Å². The lowest BCUT2D eigenvalue weighted by Crippen LogP contribution is -2.24. The molecular weight excluding hydrogens is 288 g/mol. The van der Waals surface area contributed by atoms with Gasteiger partial charge in [-0.1, -0.05) is 84.5 Å². The molecular formula is C20H38O3. The number of esters is 1. The van der Waals surface area contributed by atoms with E-state index in [2.05, 4.69) is 13.8 Å². The Bertz CT molecular complexity index is 299. The maximum atomic E-state index is 12.0. The van der Waals surface area contributed by atoms with Crippen molar-refractivity contribution < 1.29 is 14.3 Å². The molecule has 0 N–H and O–H groups in total. The summed E-state index contributed by atoms with van der Waals surface area (Å²) in [7, 11) is 0. The molecule has 0 radical (unpaired) electrons. The Morgan fingerprint density at radius 3 is 1.74 bits per heavy atom. The summed E-state index contributed by atoms with van der Waals surface area (Å²) in [6, 6.07) is 0. The number of carbonyl (C=O) groups is 2. The summed E-state index contributed by atoms with van der Waals surface area (Å²) in [5, 5.41) is 0. The molecule has 0 saturated carbocycles. The fourth-order valence-corrected chi connectivity index (χ4v) is 2.77. The molecule has 0 bridgehead atoms. The van der Waals surface area contributed by atoms with Gasteiger partial charge in [-0.15, -0.1) is 0 Å². The normalized spacial score (nSPS) is 12.1. The van der Waals surface area contributed by atoms with Gasteiger partial charge in [0, 0.05) is 0 Å². The van der Waals surface area contributed by atoms with Crippen LogP contribution in [0.3, 0.4) is 0 Å². The van der Waals surface area contributed by atoms with Gasteiger partial charge < -0.3 is 4.74 Å². The van der Waals surface area contributed by atoms with Gasteiger partial charge in [-0.3, -0.25) is 9.59 Å². The number of unbranched alkanes of at least 4 members (excludes halogenated alkanes) is 10. The van der Waals surface area contributed by atoms with E-state index in [4.69, 9.17) is 4.74 Å². The van der Waals surface area contributed by atoms with Crippen molar-refractivity contribution in [2.24, 2.45) is 5.92 Å². The van der Waals surface area contributed by atoms with Crippen molar-refractivity contribution in [2.45, 2.75) is 104 Å². The number of Topliss-reactive ketones (excluding diaryl/α,β-unsaturated/α-hetero) is 1. The highest BCUT2D eigenvalue weighted by Gasteiger charge is 2.24. The van der Waals surface area contributed by atoms with Gasteiger partial charge in [0.25, 0.3) is 0 Å². The molecule has 0 spiro atoms. The van der Waals surface area contributed by atoms with E-state index in [1.807, 2.05) is 0 Å². The third-order valence-corrected chi connectivity index (χ3v) is 4.36. The lowest BCUT2D eigenvalue weighted by Gasteiger charge is -2.13. The first kappa shape index (κ1) is 22.1. The summed E-state index contributed by atoms with van der Waals surface area (Å²) in [4.78, 5) is 23.7. The van der Waals surface area contributed by atoms with Crippen LogP contribution in [0.4, 0.5) is 0 Å². The lowest BCUT2D eigenvalue weighted by atomic mass is 9.97. The van der Waals surface area contributed by atoms with Crippen LogP contribution in [0.25, 0.3) is 0 Å². The van der Waals surface area contributed by atoms with Crippen LogP contribution in [0.2, 0.25) is 0 Å². The van der Waals surface area contributed by atoms with Gasteiger partial charge in [-0.25, -0.2) is 0 Å². The van der Waals surface area contributed by atoms with Gasteiger partial charge in [-0.05, 0) is 19.8 Å². The topological polar surface area (TPSA) is 43.4 Å². The van der Waals surface area contributed by atoms with Crippen molar-refractivity contribution in [1.82, 2.24) is 0 Å². The van der Waals surface area contributed by atoms with Crippen LogP contribution < -0.4 is 0 Å². The van der Waals surface area contributed by atoms with E-state index in [-0.39, 0.29) is 11.8 Å². The summed E-state index contributed by atoms with van der Waals surface area (Å²) in [5.74, 6) is -0.896. The fourth-order valence-electron chi connectivity index (χ4n) is 2.77. The summed E-state index contributed by atoms with van der Waals surface area (Å²) in [6.45, 7) is 6.37. The standard InChI is InChI=1S/C20H38O3/c1-4-6-8-10-12-14-16-19(18(3)21)20(22)23-17-15-13-11-9-7-5-2/h19H,4-17H2,1-3H3. The summed E-state index contributed by atoms with van der Waals surface area (Å²) in [5.41, 5.74) is 0. The van der Waals surface area contributed by atoms with Crippen molar-refractivity contribution in [3.63, 3.8) is 0 Å². The summed E-state index contributed by atoms with van der Waals surface area (Å²) >= 11 is 0. The largest absolute Gasteiger partial charge is 0.465 e. The molecule has 0 aliphatic heterocycles. The number of hydrogen-bond donors (Lipinski definition) is 0. The second kappa shape index (κ2) is 16.0. The maximum Gasteiger partial charge on any atom is 0.316 e. The second-order valence-electron chi connectivity index (χ2n) is 6.65. The highest BCUT2D eigenvalue weighted by molar-refractivity contribution is 5.97. The molecule has 1 atom stereocenters. The van der Waals surface area contributed by atoms with E-state index in [0.717, 1.165) is 25.7 Å². The van der Waals surface area contributed by atoms with Crippen LogP contribution in [0.5, 0.6) is 0 Å². The van der Waals surface area contributed by atoms with Gasteiger partial charge in [0.2, 0.25) is 0 Å². The Morgan fingerprint density at radius 1 is 0.739 bits per heavy atom. The van der Waals surface area contributed by atoms with Crippen molar-refractivity contribution in [3.05, 3.63) is 0 Å². The number of rotatable bonds is 16. The highest BCUT2D eigenvalue weighted by Crippen LogP contribution is 2.15. The zero-order valence-corrected chi connectivity index (χ0v) is 15.7. The van der Waals surface area contributed by atoms with E-state index in [1.165, 1.54) is 58.3 Å². The minimum Gasteiger partial charge on any atom is -0.465 e. The van der Waals surface area contributed by atoms with Crippen LogP contribution in [0.15, 0.2) is 0 Å². The molecule has 3 heteroatoms. The van der Waals surface area contributed by atoms with Crippen LogP contribution in [-0.4, -0.2) is 18.4 Å². The smallest absolute Gasteiger partial charge is 0.316 e. The predicted molar refractivity (Wildman–Crippen MR) is 96.5 cm³/mol. The molecule has 0 saturated heterocycles. The van der Waals surface area contributed by atoms with Crippen LogP contribution in [0, 0.1) is 5.92 Å². The van der Waals surface area contributed by atoms with E-state index in [1.54, 1.807) is 0 Å². The molecule has 0 amide bonds. The molecule has 23 heavy (non-hydrogen) atoms. The third kappa shape index (κ3) is 13.3. The maximum absolute atomic E-state index is 12.0. The SMILES string of the molecule is CCCCCCCCOC(=O)C(CCCCCCCC)C(C)=O. The predicted octanol–water partition coefficient (Wildman–Crippen LogP) is 5.85. The van der Waals surface area contributed by atoms with Gasteiger partial charge in [0.05, 0.1) is 6.61 Å². The van der Waals surface area contributed by atoms with Crippen molar-refractivity contribution in [1.29, 1.82) is 0 Å². The van der Waals surface area contributed by atoms with E-state index in [9.17, 15) is 9.59 Å². The van der Waals surface area contributed by atoms with Crippen LogP contribution in [-0.2, 0) is 14.3 Å². The number of carbonyl (C=O) groups excluding carboxylic acids is 2. The monoisotopic (exact) mass is 326 g/mol. The minimum absolute atomic E-state index is 0.0495. The Hall–Kier alpha value is -0.860. The van der Waals surface area contributed by atoms with Crippen molar-refractivity contribution in [3.8, 4) is 0 Å². The molecule has 1 unspecified atom stereocenters. The number of ketones is 1. The van der Waals surface area contributed by atoms with Gasteiger partial charge in [-0.2, -0.15) is 0 Å². The molecule has 0 rings (SSSR count). The van der Waals surface area contributed by atoms with E-state index >= 15 is 0 Å². The molecule has 136 valence electrons. The van der Waals surface area contributed by atoms with Crippen LogP contribution >= 0.6 is 0 Å². The quantitative estimate of drug-likeness (QED) is 0.203. The molecule has 0 fully saturated rings. The molecule has 0 aromatic rings. The van der Waals surface area contributed by atoms with E-state index in [0.29, 0.717) is 13.0 Å². The van der Waals surface area contributed by atoms with Gasteiger partial charge in [0.1, 0.15) is 11.7 Å². The average molecular weight is 327 g/mol. The van der Waals surface area contributed by atoms with Crippen molar-refractivity contribution in [2.75, 3.05) is 6.61 Å². The Morgan fingerprint density at radius 2 is 1.22 bits per heavy atom. The molecule has 0 aromatic carbocycles. The van der Waals surface area contributed by atoms with Crippen LogP contribution in [0.1, 0.15) is 104 Å². The highest BCUT2D eigenvalue weighted by atomic mass is 16.5. The molecule has 0 aliphatic rings. The summed E-state index contributed by atoms with van der Waals surface area (Å²) < 4.78 is 5.31. The molecule has 0 aromatic heterocycles. The first-order valence-corrected chi connectivity index (χ1v) is 9.80.